The Hall–Kier alpha value is -3.79. The molecule has 1 aromatic heterocycles. The molecule has 0 aliphatic rings. The molecule has 0 saturated carbocycles. The molecule has 8 nitrogen and oxygen atoms in total. The number of nitrogens with zero attached hydrogens (tertiary/aromatic N) is 2. The molecule has 0 bridgehead atoms. The summed E-state index contributed by atoms with van der Waals surface area (Å²) in [6.07, 6.45) is 1.29. The molecule has 0 fully saturated rings. The molecule has 0 atom stereocenters. The summed E-state index contributed by atoms with van der Waals surface area (Å²) in [5, 5.41) is 9.68. The number of halogens is 2. The highest BCUT2D eigenvalue weighted by Crippen LogP contribution is 2.32. The van der Waals surface area contributed by atoms with Crippen molar-refractivity contribution < 1.29 is 27.5 Å². The fraction of sp³-hybridized carbons (Fsp3) is 0.172. The topological polar surface area (TPSA) is 108 Å². The second kappa shape index (κ2) is 12.6. The number of carboxylic acids is 1. The number of carbonyl (C=O) groups is 2. The largest absolute Gasteiger partial charge is 0.481 e. The van der Waals surface area contributed by atoms with Gasteiger partial charge in [0.2, 0.25) is 0 Å². The van der Waals surface area contributed by atoms with Crippen LogP contribution in [0.1, 0.15) is 34.2 Å². The van der Waals surface area contributed by atoms with Crippen molar-refractivity contribution in [3.63, 3.8) is 0 Å². The van der Waals surface area contributed by atoms with Gasteiger partial charge in [-0.15, -0.1) is 0 Å². The number of sulfonamides is 1. The van der Waals surface area contributed by atoms with Crippen molar-refractivity contribution in [3.05, 3.63) is 118 Å². The normalized spacial score (nSPS) is 11.3. The van der Waals surface area contributed by atoms with Crippen LogP contribution in [-0.2, 0) is 34.3 Å². The number of carboxylic acid groups (broad SMARTS) is 1. The van der Waals surface area contributed by atoms with Gasteiger partial charge in [0, 0.05) is 18.1 Å². The van der Waals surface area contributed by atoms with Crippen LogP contribution in [0.2, 0.25) is 10.0 Å². The minimum Gasteiger partial charge on any atom is -0.481 e. The summed E-state index contributed by atoms with van der Waals surface area (Å²) in [6, 6.07) is 20.7. The van der Waals surface area contributed by atoms with Crippen molar-refractivity contribution >= 4 is 50.8 Å². The molecule has 3 aromatic carbocycles. The Morgan fingerprint density at radius 1 is 0.925 bits per heavy atom. The lowest BCUT2D eigenvalue weighted by atomic mass is 10.1. The summed E-state index contributed by atoms with van der Waals surface area (Å²) < 4.78 is 34.2. The highest BCUT2D eigenvalue weighted by molar-refractivity contribution is 7.92. The highest BCUT2D eigenvalue weighted by atomic mass is 35.5. The molecule has 0 unspecified atom stereocenters. The van der Waals surface area contributed by atoms with E-state index in [2.05, 4.69) is 0 Å². The Balaban J connectivity index is 1.73. The predicted octanol–water partition coefficient (Wildman–Crippen LogP) is 6.27. The molecule has 1 N–H and O–H groups in total. The minimum atomic E-state index is -4.05. The van der Waals surface area contributed by atoms with Crippen LogP contribution < -0.4 is 4.31 Å². The Bertz CT molecular complexity index is 1610. The Morgan fingerprint density at radius 2 is 1.65 bits per heavy atom. The molecule has 4 aromatic rings. The van der Waals surface area contributed by atoms with Gasteiger partial charge in [-0.2, -0.15) is 0 Å². The van der Waals surface area contributed by atoms with Crippen LogP contribution in [0, 0.1) is 0 Å². The van der Waals surface area contributed by atoms with Gasteiger partial charge in [0.05, 0.1) is 40.4 Å². The van der Waals surface area contributed by atoms with Crippen molar-refractivity contribution in [3.8, 4) is 0 Å². The average molecular weight is 602 g/mol. The van der Waals surface area contributed by atoms with Crippen LogP contribution in [0.4, 0.5) is 5.69 Å². The number of furan rings is 1. The molecule has 1 heterocycles. The van der Waals surface area contributed by atoms with E-state index in [4.69, 9.17) is 32.7 Å². The molecule has 0 aliphatic carbocycles. The monoisotopic (exact) mass is 600 g/mol. The molecule has 11 heteroatoms. The van der Waals surface area contributed by atoms with Crippen molar-refractivity contribution in [1.82, 2.24) is 4.90 Å². The number of hydrogen-bond donors (Lipinski definition) is 1. The molecule has 0 radical (unpaired) electrons. The van der Waals surface area contributed by atoms with Crippen LogP contribution in [0.3, 0.4) is 0 Å². The number of anilines is 1. The minimum absolute atomic E-state index is 0.00368. The van der Waals surface area contributed by atoms with E-state index in [-0.39, 0.29) is 41.9 Å². The maximum atomic E-state index is 13.7. The molecule has 40 heavy (non-hydrogen) atoms. The van der Waals surface area contributed by atoms with E-state index in [1.807, 2.05) is 0 Å². The van der Waals surface area contributed by atoms with Gasteiger partial charge in [0.25, 0.3) is 15.9 Å². The molecular formula is C29H26Cl2N2O6S. The molecule has 0 spiro atoms. The predicted molar refractivity (Wildman–Crippen MR) is 153 cm³/mol. The number of amides is 1. The number of hydrogen-bond acceptors (Lipinski definition) is 5. The number of carbonyl (C=O) groups excluding carboxylic acids is 1. The third-order valence-corrected chi connectivity index (χ3v) is 8.61. The van der Waals surface area contributed by atoms with Crippen molar-refractivity contribution in [2.45, 2.75) is 31.3 Å². The first kappa shape index (κ1) is 29.2. The van der Waals surface area contributed by atoms with Gasteiger partial charge in [0.15, 0.2) is 0 Å². The Labute approximate surface area is 242 Å². The fourth-order valence-electron chi connectivity index (χ4n) is 4.28. The van der Waals surface area contributed by atoms with Crippen LogP contribution in [0.25, 0.3) is 0 Å². The summed E-state index contributed by atoms with van der Waals surface area (Å²) in [6.45, 7) is 1.89. The molecular weight excluding hydrogens is 575 g/mol. The maximum Gasteiger partial charge on any atom is 0.307 e. The fourth-order valence-corrected chi connectivity index (χ4v) is 6.20. The van der Waals surface area contributed by atoms with Crippen molar-refractivity contribution in [2.75, 3.05) is 10.8 Å². The van der Waals surface area contributed by atoms with Gasteiger partial charge in [-0.05, 0) is 72.6 Å². The van der Waals surface area contributed by atoms with E-state index < -0.39 is 16.0 Å². The second-order valence-corrected chi connectivity index (χ2v) is 11.6. The summed E-state index contributed by atoms with van der Waals surface area (Å²) >= 11 is 12.7. The standard InChI is InChI=1S/C29H26Cl2N2O6S/c1-2-33(40(37,38)24-12-9-20(10-13-24)16-28(34)35)27-14-11-22(30)17-21(27)18-32(19-23-6-5-15-39-23)29(36)25-7-3-4-8-26(25)31/h3-15,17H,2,16,18-19H2,1H3,(H,34,35). The molecule has 4 rings (SSSR count). The van der Waals surface area contributed by atoms with E-state index in [0.29, 0.717) is 33.2 Å². The SMILES string of the molecule is CCN(c1ccc(Cl)cc1CN(Cc1ccco1)C(=O)c1ccccc1Cl)S(=O)(=O)c1ccc(CC(=O)O)cc1. The number of rotatable bonds is 11. The second-order valence-electron chi connectivity index (χ2n) is 8.88. The number of benzene rings is 3. The van der Waals surface area contributed by atoms with Crippen LogP contribution in [0.15, 0.2) is 94.4 Å². The zero-order valence-corrected chi connectivity index (χ0v) is 23.8. The van der Waals surface area contributed by atoms with Gasteiger partial charge < -0.3 is 14.4 Å². The first-order chi connectivity index (χ1) is 19.1. The summed E-state index contributed by atoms with van der Waals surface area (Å²) in [5.41, 5.74) is 1.61. The van der Waals surface area contributed by atoms with Crippen molar-refractivity contribution in [2.24, 2.45) is 0 Å². The first-order valence-electron chi connectivity index (χ1n) is 12.3. The molecule has 1 amide bonds. The highest BCUT2D eigenvalue weighted by Gasteiger charge is 2.28. The molecule has 0 aliphatic heterocycles. The Morgan fingerprint density at radius 3 is 2.27 bits per heavy atom. The summed E-state index contributed by atoms with van der Waals surface area (Å²) in [4.78, 5) is 26.2. The third-order valence-electron chi connectivity index (χ3n) is 6.14. The van der Waals surface area contributed by atoms with Gasteiger partial charge in [-0.25, -0.2) is 8.42 Å². The first-order valence-corrected chi connectivity index (χ1v) is 14.5. The van der Waals surface area contributed by atoms with Gasteiger partial charge in [0.1, 0.15) is 5.76 Å². The third kappa shape index (κ3) is 6.67. The molecule has 208 valence electrons. The van der Waals surface area contributed by atoms with Crippen LogP contribution in [0.5, 0.6) is 0 Å². The van der Waals surface area contributed by atoms with E-state index >= 15 is 0 Å². The van der Waals surface area contributed by atoms with Crippen molar-refractivity contribution in [1.29, 1.82) is 0 Å². The van der Waals surface area contributed by atoms with Crippen LogP contribution >= 0.6 is 23.2 Å². The zero-order chi connectivity index (χ0) is 28.9. The van der Waals surface area contributed by atoms with E-state index in [1.54, 1.807) is 61.5 Å². The van der Waals surface area contributed by atoms with E-state index in [0.717, 1.165) is 0 Å². The molecule has 0 saturated heterocycles. The summed E-state index contributed by atoms with van der Waals surface area (Å²) in [5.74, 6) is -0.847. The average Bonchev–Trinajstić information content (AvgIpc) is 3.43. The zero-order valence-electron chi connectivity index (χ0n) is 21.5. The lowest BCUT2D eigenvalue weighted by Crippen LogP contribution is -2.34. The smallest absolute Gasteiger partial charge is 0.307 e. The van der Waals surface area contributed by atoms with Gasteiger partial charge >= 0.3 is 5.97 Å². The lowest BCUT2D eigenvalue weighted by molar-refractivity contribution is -0.136. The van der Waals surface area contributed by atoms with Gasteiger partial charge in [-0.3, -0.25) is 13.9 Å². The van der Waals surface area contributed by atoms with E-state index in [9.17, 15) is 18.0 Å². The van der Waals surface area contributed by atoms with Crippen LogP contribution in [-0.4, -0.2) is 36.8 Å². The van der Waals surface area contributed by atoms with Gasteiger partial charge in [-0.1, -0.05) is 47.5 Å². The lowest BCUT2D eigenvalue weighted by Gasteiger charge is -2.28. The Kier molecular flexibility index (Phi) is 9.19. The maximum absolute atomic E-state index is 13.7. The summed E-state index contributed by atoms with van der Waals surface area (Å²) in [7, 11) is -4.05. The number of aliphatic carboxylic acids is 1. The quantitative estimate of drug-likeness (QED) is 0.217. The van der Waals surface area contributed by atoms with E-state index in [1.165, 1.54) is 39.7 Å².